The molecule has 30 heavy (non-hydrogen) atoms. The average molecular weight is 416 g/mol. The van der Waals surface area contributed by atoms with E-state index in [0.29, 0.717) is 25.1 Å². The Morgan fingerprint density at radius 1 is 0.900 bits per heavy atom. The number of phenolic OH excluding ortho intramolecular Hbond substituents is 1. The summed E-state index contributed by atoms with van der Waals surface area (Å²) in [6.45, 7) is 4.30. The van der Waals surface area contributed by atoms with Crippen molar-refractivity contribution in [3.8, 4) is 5.75 Å². The van der Waals surface area contributed by atoms with Gasteiger partial charge in [0.15, 0.2) is 0 Å². The zero-order chi connectivity index (χ0) is 21.4. The summed E-state index contributed by atoms with van der Waals surface area (Å²) in [6.07, 6.45) is 19.7. The average Bonchev–Trinajstić information content (AvgIpc) is 2.76. The predicted octanol–water partition coefficient (Wildman–Crippen LogP) is 6.10. The minimum absolute atomic E-state index is 0.131. The first kappa shape index (κ1) is 24.5. The molecule has 0 atom stereocenters. The summed E-state index contributed by atoms with van der Waals surface area (Å²) < 4.78 is 5.68. The van der Waals surface area contributed by atoms with E-state index in [0.717, 1.165) is 37.0 Å². The van der Waals surface area contributed by atoms with Crippen LogP contribution in [-0.4, -0.2) is 30.8 Å². The molecule has 168 valence electrons. The molecule has 0 heterocycles. The van der Waals surface area contributed by atoms with Crippen LogP contribution in [0.25, 0.3) is 0 Å². The van der Waals surface area contributed by atoms with Crippen LogP contribution in [-0.2, 0) is 17.6 Å². The van der Waals surface area contributed by atoms with Crippen LogP contribution in [0.2, 0.25) is 0 Å². The molecule has 4 nitrogen and oxygen atoms in total. The van der Waals surface area contributed by atoms with Crippen molar-refractivity contribution in [2.24, 2.45) is 0 Å². The number of phenols is 1. The highest BCUT2D eigenvalue weighted by atomic mass is 16.5. The number of nitrogens with one attached hydrogen (secondary N) is 1. The van der Waals surface area contributed by atoms with Gasteiger partial charge in [0.05, 0.1) is 5.56 Å². The normalized spacial score (nSPS) is 12.7. The molecule has 0 radical (unpaired) electrons. The van der Waals surface area contributed by atoms with E-state index in [2.05, 4.69) is 18.3 Å². The van der Waals surface area contributed by atoms with E-state index in [1.54, 1.807) is 6.07 Å². The van der Waals surface area contributed by atoms with Crippen LogP contribution in [0, 0.1) is 0 Å². The molecule has 0 aromatic heterocycles. The number of allylic oxidation sites excluding steroid dienone is 2. The second kappa shape index (κ2) is 15.1. The Labute approximate surface area is 183 Å². The standard InChI is InChI=1S/C26H41NO3/c1-2-3-4-5-6-7-8-9-10-13-20-30-21-14-19-27-26(29)24-18-17-22-15-11-12-16-23(22)25(24)28/h11-12,17-18,28H,2-10,13-16,19-21H2,1H3,(H,27,29). The molecule has 0 saturated heterocycles. The van der Waals surface area contributed by atoms with Gasteiger partial charge in [-0.05, 0) is 37.3 Å². The van der Waals surface area contributed by atoms with Gasteiger partial charge < -0.3 is 15.2 Å². The molecule has 1 aliphatic carbocycles. The van der Waals surface area contributed by atoms with Gasteiger partial charge in [0.2, 0.25) is 0 Å². The quantitative estimate of drug-likeness (QED) is 0.253. The number of hydrogen-bond acceptors (Lipinski definition) is 3. The summed E-state index contributed by atoms with van der Waals surface area (Å²) in [6, 6.07) is 3.67. The van der Waals surface area contributed by atoms with E-state index < -0.39 is 0 Å². The Kier molecular flexibility index (Phi) is 12.3. The lowest BCUT2D eigenvalue weighted by Gasteiger charge is -2.15. The van der Waals surface area contributed by atoms with Crippen LogP contribution in [0.5, 0.6) is 5.75 Å². The molecular weight excluding hydrogens is 374 g/mol. The highest BCUT2D eigenvalue weighted by Crippen LogP contribution is 2.29. The maximum atomic E-state index is 12.4. The van der Waals surface area contributed by atoms with Gasteiger partial charge in [0.25, 0.3) is 5.91 Å². The molecule has 4 heteroatoms. The predicted molar refractivity (Wildman–Crippen MR) is 124 cm³/mol. The molecule has 0 fully saturated rings. The van der Waals surface area contributed by atoms with E-state index >= 15 is 0 Å². The first-order valence-corrected chi connectivity index (χ1v) is 12.1. The smallest absolute Gasteiger partial charge is 0.255 e. The van der Waals surface area contributed by atoms with Crippen molar-refractivity contribution >= 4 is 5.91 Å². The van der Waals surface area contributed by atoms with Crippen molar-refractivity contribution in [3.05, 3.63) is 41.0 Å². The lowest BCUT2D eigenvalue weighted by atomic mass is 9.93. The van der Waals surface area contributed by atoms with Crippen molar-refractivity contribution in [1.29, 1.82) is 0 Å². The highest BCUT2D eigenvalue weighted by molar-refractivity contribution is 5.97. The number of rotatable bonds is 16. The Hall–Kier alpha value is -1.81. The SMILES string of the molecule is CCCCCCCCCCCCOCCCNC(=O)c1ccc2c(c1O)CC=CC2. The molecule has 1 aromatic carbocycles. The fraction of sp³-hybridized carbons (Fsp3) is 0.654. The van der Waals surface area contributed by atoms with Crippen LogP contribution in [0.15, 0.2) is 24.3 Å². The second-order valence-corrected chi connectivity index (χ2v) is 8.38. The number of fused-ring (bicyclic) bond motifs is 1. The summed E-state index contributed by atoms with van der Waals surface area (Å²) in [5.41, 5.74) is 2.35. The summed E-state index contributed by atoms with van der Waals surface area (Å²) >= 11 is 0. The molecule has 2 rings (SSSR count). The number of unbranched alkanes of at least 4 members (excludes halogenated alkanes) is 9. The van der Waals surface area contributed by atoms with Gasteiger partial charge in [-0.25, -0.2) is 0 Å². The largest absolute Gasteiger partial charge is 0.507 e. The fourth-order valence-electron chi connectivity index (χ4n) is 3.96. The summed E-state index contributed by atoms with van der Waals surface area (Å²) in [5.74, 6) is -0.0777. The minimum atomic E-state index is -0.209. The summed E-state index contributed by atoms with van der Waals surface area (Å²) in [5, 5.41) is 13.3. The number of hydrogen-bond donors (Lipinski definition) is 2. The Morgan fingerprint density at radius 3 is 2.27 bits per heavy atom. The summed E-state index contributed by atoms with van der Waals surface area (Å²) in [7, 11) is 0. The number of carbonyl (C=O) groups excluding carboxylic acids is 1. The first-order chi connectivity index (χ1) is 14.7. The Balaban J connectivity index is 1.45. The first-order valence-electron chi connectivity index (χ1n) is 12.1. The maximum absolute atomic E-state index is 12.4. The van der Waals surface area contributed by atoms with Gasteiger partial charge in [-0.2, -0.15) is 0 Å². The molecular formula is C26H41NO3. The van der Waals surface area contributed by atoms with Crippen molar-refractivity contribution in [1.82, 2.24) is 5.32 Å². The number of benzene rings is 1. The van der Waals surface area contributed by atoms with Gasteiger partial charge in [-0.15, -0.1) is 0 Å². The number of aromatic hydroxyl groups is 1. The minimum Gasteiger partial charge on any atom is -0.507 e. The monoisotopic (exact) mass is 415 g/mol. The molecule has 1 aliphatic rings. The van der Waals surface area contributed by atoms with E-state index in [4.69, 9.17) is 4.74 Å². The number of carbonyl (C=O) groups is 1. The van der Waals surface area contributed by atoms with Gasteiger partial charge in [-0.3, -0.25) is 4.79 Å². The molecule has 0 bridgehead atoms. The van der Waals surface area contributed by atoms with Gasteiger partial charge in [0.1, 0.15) is 5.75 Å². The molecule has 2 N–H and O–H groups in total. The third-order valence-electron chi connectivity index (χ3n) is 5.84. The molecule has 1 amide bonds. The Bertz CT molecular complexity index is 654. The van der Waals surface area contributed by atoms with Crippen molar-refractivity contribution in [2.75, 3.05) is 19.8 Å². The van der Waals surface area contributed by atoms with E-state index in [1.165, 1.54) is 57.8 Å². The number of ether oxygens (including phenoxy) is 1. The van der Waals surface area contributed by atoms with Gasteiger partial charge >= 0.3 is 0 Å². The van der Waals surface area contributed by atoms with Crippen LogP contribution in [0.3, 0.4) is 0 Å². The Morgan fingerprint density at radius 2 is 1.53 bits per heavy atom. The summed E-state index contributed by atoms with van der Waals surface area (Å²) in [4.78, 5) is 12.4. The third kappa shape index (κ3) is 8.91. The van der Waals surface area contributed by atoms with E-state index in [9.17, 15) is 9.90 Å². The second-order valence-electron chi connectivity index (χ2n) is 8.38. The molecule has 0 aliphatic heterocycles. The van der Waals surface area contributed by atoms with Crippen LogP contribution in [0.4, 0.5) is 0 Å². The molecule has 0 unspecified atom stereocenters. The van der Waals surface area contributed by atoms with Crippen LogP contribution < -0.4 is 5.32 Å². The van der Waals surface area contributed by atoms with Crippen molar-refractivity contribution in [3.63, 3.8) is 0 Å². The van der Waals surface area contributed by atoms with Crippen LogP contribution in [0.1, 0.15) is 99.0 Å². The third-order valence-corrected chi connectivity index (χ3v) is 5.84. The maximum Gasteiger partial charge on any atom is 0.255 e. The lowest BCUT2D eigenvalue weighted by molar-refractivity contribution is 0.0937. The topological polar surface area (TPSA) is 58.6 Å². The lowest BCUT2D eigenvalue weighted by Crippen LogP contribution is -2.25. The fourth-order valence-corrected chi connectivity index (χ4v) is 3.96. The van der Waals surface area contributed by atoms with Crippen LogP contribution >= 0.6 is 0 Å². The highest BCUT2D eigenvalue weighted by Gasteiger charge is 2.17. The van der Waals surface area contributed by atoms with Gasteiger partial charge in [-0.1, -0.05) is 82.9 Å². The molecule has 0 saturated carbocycles. The zero-order valence-corrected chi connectivity index (χ0v) is 18.9. The van der Waals surface area contributed by atoms with Crippen molar-refractivity contribution < 1.29 is 14.6 Å². The van der Waals surface area contributed by atoms with Gasteiger partial charge in [0, 0.05) is 25.3 Å². The molecule has 0 spiro atoms. The van der Waals surface area contributed by atoms with E-state index in [1.807, 2.05) is 12.1 Å². The van der Waals surface area contributed by atoms with Crippen molar-refractivity contribution in [2.45, 2.75) is 90.4 Å². The van der Waals surface area contributed by atoms with E-state index in [-0.39, 0.29) is 11.7 Å². The number of amides is 1. The zero-order valence-electron chi connectivity index (χ0n) is 18.9. The molecule has 1 aromatic rings.